The third-order valence-corrected chi connectivity index (χ3v) is 7.75. The summed E-state index contributed by atoms with van der Waals surface area (Å²) in [5.74, 6) is 1.18. The lowest BCUT2D eigenvalue weighted by Crippen LogP contribution is -2.43. The molecule has 0 bridgehead atoms. The molecule has 0 N–H and O–H groups in total. The molecular formula is C28H30FNO3. The van der Waals surface area contributed by atoms with Crippen molar-refractivity contribution >= 4 is 12.0 Å². The van der Waals surface area contributed by atoms with E-state index >= 15 is 0 Å². The van der Waals surface area contributed by atoms with Gasteiger partial charge in [-0.1, -0.05) is 24.3 Å². The molecule has 5 rings (SSSR count). The number of carbonyl (C=O) groups excluding carboxylic acids is 1. The number of hydrogen-bond donors (Lipinski definition) is 0. The van der Waals surface area contributed by atoms with Gasteiger partial charge in [0.1, 0.15) is 11.9 Å². The highest BCUT2D eigenvalue weighted by Crippen LogP contribution is 2.54. The number of halogens is 1. The van der Waals surface area contributed by atoms with Crippen molar-refractivity contribution in [2.45, 2.75) is 38.7 Å². The van der Waals surface area contributed by atoms with E-state index in [4.69, 9.17) is 9.47 Å². The minimum Gasteiger partial charge on any atom is -0.504 e. The van der Waals surface area contributed by atoms with Gasteiger partial charge in [0, 0.05) is 17.7 Å². The molecule has 2 aromatic rings. The average molecular weight is 448 g/mol. The number of hydrogen-bond acceptors (Lipinski definition) is 4. The fourth-order valence-corrected chi connectivity index (χ4v) is 6.32. The number of methoxy groups -OCH3 is 1. The third kappa shape index (κ3) is 4.33. The number of nitrogens with zero attached hydrogens (tertiary/aromatic N) is 1. The van der Waals surface area contributed by atoms with Gasteiger partial charge in [0.2, 0.25) is 0 Å². The smallest absolute Gasteiger partial charge is 0.309 e. The summed E-state index contributed by atoms with van der Waals surface area (Å²) in [5.41, 5.74) is 3.91. The SMILES string of the molecule is COC=C1CC[C@@H]2[C@@H](C1)C[C@H]1C(=O)O[C@H](C)[C@H]1[C@H]2/C=C/c1ccc(-c2cccc(F)c2)cn1. The maximum absolute atomic E-state index is 13.6. The van der Waals surface area contributed by atoms with Crippen LogP contribution in [-0.2, 0) is 14.3 Å². The number of esters is 1. The molecule has 1 aliphatic heterocycles. The summed E-state index contributed by atoms with van der Waals surface area (Å²) in [6, 6.07) is 10.5. The first-order valence-corrected chi connectivity index (χ1v) is 11.8. The first-order chi connectivity index (χ1) is 16.0. The minimum atomic E-state index is -0.253. The molecular weight excluding hydrogens is 417 g/mol. The topological polar surface area (TPSA) is 48.4 Å². The van der Waals surface area contributed by atoms with E-state index in [1.54, 1.807) is 19.4 Å². The standard InChI is InChI=1S/C28H30FNO3/c1-17-27-25(11-9-23-8-7-20(15-30-23)19-4-3-5-22(29)13-19)24-10-6-18(16-32-2)12-21(24)14-26(27)28(31)33-17/h3-5,7-9,11,13,15-17,21,24-27H,6,10,12,14H2,1-2H3/b11-9+,18-16?/t17-,21+,24-,25+,26-,27+/m1/s1. The largest absolute Gasteiger partial charge is 0.504 e. The summed E-state index contributed by atoms with van der Waals surface area (Å²) in [4.78, 5) is 17.2. The van der Waals surface area contributed by atoms with Crippen LogP contribution in [0.2, 0.25) is 0 Å². The van der Waals surface area contributed by atoms with E-state index in [1.165, 1.54) is 17.7 Å². The van der Waals surface area contributed by atoms with E-state index in [9.17, 15) is 9.18 Å². The van der Waals surface area contributed by atoms with Crippen LogP contribution < -0.4 is 0 Å². The van der Waals surface area contributed by atoms with Crippen molar-refractivity contribution in [2.24, 2.45) is 29.6 Å². The van der Waals surface area contributed by atoms with E-state index in [1.807, 2.05) is 31.4 Å². The Hall–Kier alpha value is -2.95. The molecule has 2 saturated carbocycles. The fraction of sp³-hybridized carbons (Fsp3) is 0.429. The van der Waals surface area contributed by atoms with Crippen molar-refractivity contribution in [3.8, 4) is 11.1 Å². The van der Waals surface area contributed by atoms with Crippen molar-refractivity contribution in [2.75, 3.05) is 7.11 Å². The van der Waals surface area contributed by atoms with Gasteiger partial charge in [0.15, 0.2) is 0 Å². The zero-order valence-corrected chi connectivity index (χ0v) is 19.1. The van der Waals surface area contributed by atoms with Crippen LogP contribution in [0.5, 0.6) is 0 Å². The molecule has 1 aromatic heterocycles. The molecule has 0 unspecified atom stereocenters. The Morgan fingerprint density at radius 2 is 2.09 bits per heavy atom. The Labute approximate surface area is 194 Å². The Morgan fingerprint density at radius 1 is 1.21 bits per heavy atom. The summed E-state index contributed by atoms with van der Waals surface area (Å²) < 4.78 is 24.5. The Morgan fingerprint density at radius 3 is 2.85 bits per heavy atom. The maximum atomic E-state index is 13.6. The van der Waals surface area contributed by atoms with Crippen molar-refractivity contribution in [1.82, 2.24) is 4.98 Å². The number of ether oxygens (including phenoxy) is 2. The fourth-order valence-electron chi connectivity index (χ4n) is 6.32. The molecule has 2 aliphatic carbocycles. The number of benzene rings is 1. The summed E-state index contributed by atoms with van der Waals surface area (Å²) >= 11 is 0. The summed E-state index contributed by atoms with van der Waals surface area (Å²) in [5, 5.41) is 0. The van der Waals surface area contributed by atoms with Crippen LogP contribution in [0.15, 0.2) is 60.5 Å². The number of carbonyl (C=O) groups is 1. The molecule has 6 atom stereocenters. The van der Waals surface area contributed by atoms with E-state index < -0.39 is 0 Å². The molecule has 0 radical (unpaired) electrons. The second kappa shape index (κ2) is 9.12. The second-order valence-corrected chi connectivity index (χ2v) is 9.66. The van der Waals surface area contributed by atoms with E-state index in [0.29, 0.717) is 11.8 Å². The zero-order chi connectivity index (χ0) is 22.9. The molecule has 5 heteroatoms. The number of allylic oxidation sites excluding steroid dienone is 2. The van der Waals surface area contributed by atoms with Gasteiger partial charge >= 0.3 is 5.97 Å². The summed E-state index contributed by atoms with van der Waals surface area (Å²) in [7, 11) is 1.70. The third-order valence-electron chi connectivity index (χ3n) is 7.75. The maximum Gasteiger partial charge on any atom is 0.309 e. The molecule has 4 nitrogen and oxygen atoms in total. The lowest BCUT2D eigenvalue weighted by Gasteiger charge is -2.46. The van der Waals surface area contributed by atoms with Crippen molar-refractivity contribution < 1.29 is 18.7 Å². The molecule has 1 saturated heterocycles. The highest BCUT2D eigenvalue weighted by Gasteiger charge is 2.54. The lowest BCUT2D eigenvalue weighted by molar-refractivity contribution is -0.144. The van der Waals surface area contributed by atoms with Gasteiger partial charge in [-0.25, -0.2) is 4.39 Å². The van der Waals surface area contributed by atoms with Crippen molar-refractivity contribution in [1.29, 1.82) is 0 Å². The quantitative estimate of drug-likeness (QED) is 0.423. The average Bonchev–Trinajstić information content (AvgIpc) is 3.10. The molecule has 3 fully saturated rings. The molecule has 33 heavy (non-hydrogen) atoms. The van der Waals surface area contributed by atoms with Crippen LogP contribution >= 0.6 is 0 Å². The zero-order valence-electron chi connectivity index (χ0n) is 19.1. The Kier molecular flexibility index (Phi) is 6.05. The number of rotatable bonds is 4. The summed E-state index contributed by atoms with van der Waals surface area (Å²) in [6.45, 7) is 2.04. The Balaban J connectivity index is 1.39. The highest BCUT2D eigenvalue weighted by molar-refractivity contribution is 5.75. The predicted octanol–water partition coefficient (Wildman–Crippen LogP) is 6.05. The van der Waals surface area contributed by atoms with Crippen LogP contribution in [0.4, 0.5) is 4.39 Å². The van der Waals surface area contributed by atoms with Crippen LogP contribution in [0, 0.1) is 35.4 Å². The van der Waals surface area contributed by atoms with E-state index in [0.717, 1.165) is 42.5 Å². The molecule has 0 spiro atoms. The first kappa shape index (κ1) is 21.9. The van der Waals surface area contributed by atoms with Gasteiger partial charge in [-0.15, -0.1) is 0 Å². The first-order valence-electron chi connectivity index (χ1n) is 11.8. The molecule has 172 valence electrons. The highest BCUT2D eigenvalue weighted by atomic mass is 19.1. The van der Waals surface area contributed by atoms with Gasteiger partial charge < -0.3 is 9.47 Å². The van der Waals surface area contributed by atoms with E-state index in [2.05, 4.69) is 17.1 Å². The number of fused-ring (bicyclic) bond motifs is 2. The van der Waals surface area contributed by atoms with Crippen LogP contribution in [0.3, 0.4) is 0 Å². The number of cyclic esters (lactones) is 1. The van der Waals surface area contributed by atoms with E-state index in [-0.39, 0.29) is 35.6 Å². The molecule has 2 heterocycles. The minimum absolute atomic E-state index is 0.0268. The molecule has 0 amide bonds. The lowest BCUT2D eigenvalue weighted by atomic mass is 9.57. The number of aromatic nitrogens is 1. The van der Waals surface area contributed by atoms with Gasteiger partial charge in [-0.05, 0) is 85.8 Å². The van der Waals surface area contributed by atoms with Gasteiger partial charge in [-0.3, -0.25) is 9.78 Å². The number of pyridine rings is 1. The van der Waals surface area contributed by atoms with Crippen LogP contribution in [0.1, 0.15) is 38.3 Å². The van der Waals surface area contributed by atoms with Crippen LogP contribution in [-0.4, -0.2) is 24.2 Å². The van der Waals surface area contributed by atoms with Crippen molar-refractivity contribution in [3.63, 3.8) is 0 Å². The monoisotopic (exact) mass is 447 g/mol. The second-order valence-electron chi connectivity index (χ2n) is 9.66. The van der Waals surface area contributed by atoms with Gasteiger partial charge in [-0.2, -0.15) is 0 Å². The predicted molar refractivity (Wildman–Crippen MR) is 125 cm³/mol. The Bertz CT molecular complexity index is 1080. The van der Waals surface area contributed by atoms with Gasteiger partial charge in [0.05, 0.1) is 25.0 Å². The van der Waals surface area contributed by atoms with Crippen LogP contribution in [0.25, 0.3) is 17.2 Å². The molecule has 1 aromatic carbocycles. The normalized spacial score (nSPS) is 32.5. The summed E-state index contributed by atoms with van der Waals surface area (Å²) in [6.07, 6.45) is 12.0. The van der Waals surface area contributed by atoms with Gasteiger partial charge in [0.25, 0.3) is 0 Å². The van der Waals surface area contributed by atoms with Crippen molar-refractivity contribution in [3.05, 3.63) is 72.0 Å². The molecule has 3 aliphatic rings.